The predicted octanol–water partition coefficient (Wildman–Crippen LogP) is 13.4. The van der Waals surface area contributed by atoms with Gasteiger partial charge in [0.25, 0.3) is 0 Å². The quantitative estimate of drug-likeness (QED) is 0.176. The number of hydrogen-bond acceptors (Lipinski definition) is 3. The van der Waals surface area contributed by atoms with Crippen LogP contribution >= 0.6 is 0 Å². The molecule has 0 bridgehead atoms. The fraction of sp³-hybridized carbons (Fsp3) is 0. The molecule has 0 unspecified atom stereocenters. The number of hydrogen-bond donors (Lipinski definition) is 0. The lowest BCUT2D eigenvalue weighted by molar-refractivity contribution is 0.487. The van der Waals surface area contributed by atoms with Crippen LogP contribution in [-0.2, 0) is 0 Å². The Morgan fingerprint density at radius 3 is 1.45 bits per heavy atom. The summed E-state index contributed by atoms with van der Waals surface area (Å²) < 4.78 is 6.61. The molecule has 10 rings (SSSR count). The third kappa shape index (κ3) is 5.65. The van der Waals surface area contributed by atoms with E-state index in [1.54, 1.807) is 0 Å². The van der Waals surface area contributed by atoms with Crippen molar-refractivity contribution in [1.29, 1.82) is 0 Å². The van der Waals surface area contributed by atoms with Crippen LogP contribution in [0.2, 0.25) is 0 Å². The van der Waals surface area contributed by atoms with E-state index in [4.69, 9.17) is 14.7 Å². The van der Waals surface area contributed by atoms with Gasteiger partial charge in [-0.25, -0.2) is 9.97 Å². The van der Waals surface area contributed by atoms with Gasteiger partial charge >= 0.3 is 0 Å². The van der Waals surface area contributed by atoms with E-state index in [9.17, 15) is 0 Å². The summed E-state index contributed by atoms with van der Waals surface area (Å²) in [5.41, 5.74) is 14.1. The number of benzene rings is 8. The molecule has 0 amide bonds. The van der Waals surface area contributed by atoms with Crippen LogP contribution in [0.15, 0.2) is 194 Å². The molecule has 0 spiro atoms. The molecule has 8 aromatic carbocycles. The second-order valence-corrected chi connectivity index (χ2v) is 13.4. The van der Waals surface area contributed by atoms with Gasteiger partial charge in [-0.3, -0.25) is 0 Å². The van der Waals surface area contributed by atoms with E-state index in [-0.39, 0.29) is 0 Å². The standard InChI is InChI=1S/C50H32N2O/c1-4-11-33(12-5-1)35-19-23-37(24-20-35)41-28-30-48-49-42(41)17-10-18-43(49)44-31-40(27-29-47(44)53-48)46-32-45(51-50(52-46)39-15-8-3-9-16-39)38-25-21-36(22-26-38)34-13-6-2-7-14-34/h1-32H. The topological polar surface area (TPSA) is 35.0 Å². The van der Waals surface area contributed by atoms with Crippen molar-refractivity contribution in [2.75, 3.05) is 0 Å². The average Bonchev–Trinajstić information content (AvgIpc) is 3.25. The molecular weight excluding hydrogens is 645 g/mol. The monoisotopic (exact) mass is 676 g/mol. The van der Waals surface area contributed by atoms with Gasteiger partial charge in [-0.2, -0.15) is 0 Å². The van der Waals surface area contributed by atoms with Gasteiger partial charge in [-0.1, -0.05) is 164 Å². The molecule has 1 aliphatic rings. The van der Waals surface area contributed by atoms with Crippen LogP contribution in [0.3, 0.4) is 0 Å². The molecule has 53 heavy (non-hydrogen) atoms. The fourth-order valence-electron chi connectivity index (χ4n) is 7.44. The van der Waals surface area contributed by atoms with Crippen molar-refractivity contribution in [1.82, 2.24) is 9.97 Å². The van der Waals surface area contributed by atoms with Gasteiger partial charge in [0.15, 0.2) is 5.82 Å². The lowest BCUT2D eigenvalue weighted by Gasteiger charge is -2.23. The minimum absolute atomic E-state index is 0.689. The van der Waals surface area contributed by atoms with E-state index in [0.717, 1.165) is 61.5 Å². The summed E-state index contributed by atoms with van der Waals surface area (Å²) in [6, 6.07) is 67.9. The van der Waals surface area contributed by atoms with E-state index in [1.807, 2.05) is 24.3 Å². The molecule has 0 aliphatic carbocycles. The normalized spacial score (nSPS) is 11.5. The fourth-order valence-corrected chi connectivity index (χ4v) is 7.44. The first-order valence-corrected chi connectivity index (χ1v) is 17.9. The van der Waals surface area contributed by atoms with Gasteiger partial charge in [0.05, 0.1) is 11.4 Å². The smallest absolute Gasteiger partial charge is 0.160 e. The van der Waals surface area contributed by atoms with Gasteiger partial charge in [0.1, 0.15) is 11.5 Å². The van der Waals surface area contributed by atoms with Crippen molar-refractivity contribution in [2.45, 2.75) is 0 Å². The predicted molar refractivity (Wildman–Crippen MR) is 218 cm³/mol. The summed E-state index contributed by atoms with van der Waals surface area (Å²) in [6.45, 7) is 0. The number of aromatic nitrogens is 2. The molecule has 0 N–H and O–H groups in total. The zero-order chi connectivity index (χ0) is 35.1. The van der Waals surface area contributed by atoms with Gasteiger partial charge in [0.2, 0.25) is 0 Å². The lowest BCUT2D eigenvalue weighted by Crippen LogP contribution is -1.99. The third-order valence-corrected chi connectivity index (χ3v) is 10.1. The minimum Gasteiger partial charge on any atom is -0.456 e. The molecule has 0 saturated heterocycles. The second kappa shape index (κ2) is 12.9. The molecule has 2 heterocycles. The Labute approximate surface area is 308 Å². The van der Waals surface area contributed by atoms with Gasteiger partial charge in [-0.05, 0) is 74.7 Å². The highest BCUT2D eigenvalue weighted by Gasteiger charge is 2.23. The minimum atomic E-state index is 0.689. The van der Waals surface area contributed by atoms with Gasteiger partial charge in [-0.15, -0.1) is 0 Å². The molecule has 1 aliphatic heterocycles. The zero-order valence-corrected chi connectivity index (χ0v) is 28.8. The van der Waals surface area contributed by atoms with Crippen LogP contribution in [-0.4, -0.2) is 9.97 Å². The molecule has 0 fully saturated rings. The molecule has 3 heteroatoms. The Kier molecular flexibility index (Phi) is 7.47. The van der Waals surface area contributed by atoms with Gasteiger partial charge in [0, 0.05) is 27.6 Å². The van der Waals surface area contributed by atoms with E-state index < -0.39 is 0 Å². The Bertz CT molecular complexity index is 2760. The van der Waals surface area contributed by atoms with Crippen LogP contribution in [0.25, 0.3) is 89.2 Å². The summed E-state index contributed by atoms with van der Waals surface area (Å²) in [5, 5.41) is 2.28. The molecule has 248 valence electrons. The number of fused-ring (bicyclic) bond motifs is 2. The van der Waals surface area contributed by atoms with Crippen LogP contribution in [0.5, 0.6) is 11.5 Å². The van der Waals surface area contributed by atoms with E-state index in [2.05, 4.69) is 170 Å². The van der Waals surface area contributed by atoms with Crippen molar-refractivity contribution in [3.05, 3.63) is 194 Å². The number of rotatable bonds is 6. The van der Waals surface area contributed by atoms with Crippen LogP contribution < -0.4 is 4.74 Å². The largest absolute Gasteiger partial charge is 0.456 e. The Morgan fingerprint density at radius 2 is 0.811 bits per heavy atom. The Balaban J connectivity index is 1.06. The van der Waals surface area contributed by atoms with E-state index in [0.29, 0.717) is 5.82 Å². The number of ether oxygens (including phenoxy) is 1. The summed E-state index contributed by atoms with van der Waals surface area (Å²) in [4.78, 5) is 10.2. The van der Waals surface area contributed by atoms with Crippen molar-refractivity contribution < 1.29 is 4.74 Å². The van der Waals surface area contributed by atoms with Crippen LogP contribution in [0.4, 0.5) is 0 Å². The molecule has 1 aromatic heterocycles. The molecule has 0 radical (unpaired) electrons. The zero-order valence-electron chi connectivity index (χ0n) is 28.8. The summed E-state index contributed by atoms with van der Waals surface area (Å²) in [7, 11) is 0. The van der Waals surface area contributed by atoms with Crippen molar-refractivity contribution in [3.8, 4) is 89.9 Å². The highest BCUT2D eigenvalue weighted by molar-refractivity contribution is 6.10. The second-order valence-electron chi connectivity index (χ2n) is 13.4. The molecule has 0 saturated carbocycles. The first kappa shape index (κ1) is 30.7. The van der Waals surface area contributed by atoms with Crippen LogP contribution in [0.1, 0.15) is 0 Å². The molecule has 0 atom stereocenters. The lowest BCUT2D eigenvalue weighted by atomic mass is 9.89. The first-order valence-electron chi connectivity index (χ1n) is 17.9. The summed E-state index contributed by atoms with van der Waals surface area (Å²) in [5.74, 6) is 2.40. The molecule has 3 nitrogen and oxygen atoms in total. The average molecular weight is 677 g/mol. The number of nitrogens with zero attached hydrogens (tertiary/aromatic N) is 2. The summed E-state index contributed by atoms with van der Waals surface area (Å²) in [6.07, 6.45) is 0. The summed E-state index contributed by atoms with van der Waals surface area (Å²) >= 11 is 0. The first-order chi connectivity index (χ1) is 26.2. The maximum atomic E-state index is 6.61. The SMILES string of the molecule is c1ccc(-c2ccc(-c3cc(-c4ccc5c(c4)-c4cccc6c(-c7ccc(-c8ccccc8)cc7)ccc(c46)O5)nc(-c4ccccc4)n3)cc2)cc1. The van der Waals surface area contributed by atoms with Crippen molar-refractivity contribution in [3.63, 3.8) is 0 Å². The van der Waals surface area contributed by atoms with Gasteiger partial charge < -0.3 is 4.74 Å². The van der Waals surface area contributed by atoms with E-state index in [1.165, 1.54) is 33.4 Å². The van der Waals surface area contributed by atoms with Crippen molar-refractivity contribution >= 4 is 10.8 Å². The Morgan fingerprint density at radius 1 is 0.302 bits per heavy atom. The highest BCUT2D eigenvalue weighted by atomic mass is 16.5. The van der Waals surface area contributed by atoms with Crippen LogP contribution in [0, 0.1) is 0 Å². The van der Waals surface area contributed by atoms with Crippen molar-refractivity contribution in [2.24, 2.45) is 0 Å². The third-order valence-electron chi connectivity index (χ3n) is 10.1. The highest BCUT2D eigenvalue weighted by Crippen LogP contribution is 2.49. The van der Waals surface area contributed by atoms with E-state index >= 15 is 0 Å². The maximum absolute atomic E-state index is 6.61. The molecular formula is C50H32N2O. The maximum Gasteiger partial charge on any atom is 0.160 e. The Hall–Kier alpha value is -7.10. The molecule has 9 aromatic rings.